The van der Waals surface area contributed by atoms with Crippen LogP contribution in [0.1, 0.15) is 36.0 Å². The topological polar surface area (TPSA) is 41.6 Å². The molecule has 0 spiro atoms. The lowest BCUT2D eigenvalue weighted by Gasteiger charge is -2.31. The molecular formula is C24H32N2O2. The Morgan fingerprint density at radius 3 is 2.32 bits per heavy atom. The molecule has 4 heteroatoms. The molecule has 0 aromatic heterocycles. The maximum absolute atomic E-state index is 12.4. The van der Waals surface area contributed by atoms with Crippen molar-refractivity contribution in [3.05, 3.63) is 65.2 Å². The van der Waals surface area contributed by atoms with E-state index in [1.165, 1.54) is 16.7 Å². The molecule has 0 radical (unpaired) electrons. The summed E-state index contributed by atoms with van der Waals surface area (Å²) in [6, 6.07) is 16.9. The van der Waals surface area contributed by atoms with Crippen molar-refractivity contribution in [2.45, 2.75) is 39.2 Å². The number of amides is 1. The van der Waals surface area contributed by atoms with Crippen LogP contribution in [0, 0.1) is 12.8 Å². The fraction of sp³-hybridized carbons (Fsp3) is 0.458. The minimum absolute atomic E-state index is 0.162. The lowest BCUT2D eigenvalue weighted by Crippen LogP contribution is -2.40. The van der Waals surface area contributed by atoms with Gasteiger partial charge in [-0.1, -0.05) is 42.0 Å². The van der Waals surface area contributed by atoms with Gasteiger partial charge in [0.05, 0.1) is 7.11 Å². The summed E-state index contributed by atoms with van der Waals surface area (Å²) in [4.78, 5) is 14.9. The first-order chi connectivity index (χ1) is 13.6. The van der Waals surface area contributed by atoms with Crippen LogP contribution in [0.15, 0.2) is 48.5 Å². The molecule has 2 aromatic carbocycles. The lowest BCUT2D eigenvalue weighted by atomic mass is 9.95. The fourth-order valence-electron chi connectivity index (χ4n) is 3.75. The zero-order chi connectivity index (χ0) is 19.8. The Kier molecular flexibility index (Phi) is 7.49. The number of ether oxygens (including phenoxy) is 1. The average molecular weight is 381 g/mol. The maximum Gasteiger partial charge on any atom is 0.223 e. The van der Waals surface area contributed by atoms with Gasteiger partial charge < -0.3 is 10.1 Å². The van der Waals surface area contributed by atoms with Gasteiger partial charge in [0.25, 0.3) is 0 Å². The minimum Gasteiger partial charge on any atom is -0.497 e. The normalized spacial score (nSPS) is 15.4. The number of benzene rings is 2. The molecule has 1 saturated heterocycles. The molecule has 0 unspecified atom stereocenters. The van der Waals surface area contributed by atoms with Gasteiger partial charge in [0.2, 0.25) is 5.91 Å². The van der Waals surface area contributed by atoms with Crippen molar-refractivity contribution in [1.82, 2.24) is 10.2 Å². The van der Waals surface area contributed by atoms with E-state index in [4.69, 9.17) is 4.74 Å². The SMILES string of the molecule is COc1ccc(CCCNC(=O)C2CCN(Cc3ccc(C)cc3)CC2)cc1. The maximum atomic E-state index is 12.4. The summed E-state index contributed by atoms with van der Waals surface area (Å²) in [5, 5.41) is 3.13. The second kappa shape index (κ2) is 10.3. The van der Waals surface area contributed by atoms with E-state index in [0.717, 1.165) is 57.6 Å². The molecule has 4 nitrogen and oxygen atoms in total. The summed E-state index contributed by atoms with van der Waals surface area (Å²) in [6.07, 6.45) is 3.84. The van der Waals surface area contributed by atoms with Crippen molar-refractivity contribution < 1.29 is 9.53 Å². The number of methoxy groups -OCH3 is 1. The second-order valence-electron chi connectivity index (χ2n) is 7.78. The highest BCUT2D eigenvalue weighted by molar-refractivity contribution is 5.78. The molecular weight excluding hydrogens is 348 g/mol. The highest BCUT2D eigenvalue weighted by atomic mass is 16.5. The van der Waals surface area contributed by atoms with Crippen LogP contribution in [-0.2, 0) is 17.8 Å². The lowest BCUT2D eigenvalue weighted by molar-refractivity contribution is -0.126. The van der Waals surface area contributed by atoms with E-state index in [1.54, 1.807) is 7.11 Å². The van der Waals surface area contributed by atoms with E-state index in [-0.39, 0.29) is 11.8 Å². The van der Waals surface area contributed by atoms with Crippen LogP contribution in [0.3, 0.4) is 0 Å². The van der Waals surface area contributed by atoms with Crippen LogP contribution in [0.5, 0.6) is 5.75 Å². The van der Waals surface area contributed by atoms with E-state index in [2.05, 4.69) is 53.5 Å². The van der Waals surface area contributed by atoms with Gasteiger partial charge in [-0.25, -0.2) is 0 Å². The summed E-state index contributed by atoms with van der Waals surface area (Å²) in [6.45, 7) is 5.84. The number of carbonyl (C=O) groups excluding carboxylic acids is 1. The van der Waals surface area contributed by atoms with E-state index in [9.17, 15) is 4.79 Å². The Hall–Kier alpha value is -2.33. The first-order valence-electron chi connectivity index (χ1n) is 10.3. The van der Waals surface area contributed by atoms with Gasteiger partial charge >= 0.3 is 0 Å². The third-order valence-electron chi connectivity index (χ3n) is 5.59. The molecule has 1 N–H and O–H groups in total. The van der Waals surface area contributed by atoms with Crippen LogP contribution >= 0.6 is 0 Å². The van der Waals surface area contributed by atoms with E-state index < -0.39 is 0 Å². The molecule has 1 aliphatic heterocycles. The highest BCUT2D eigenvalue weighted by Gasteiger charge is 2.24. The molecule has 1 aliphatic rings. The van der Waals surface area contributed by atoms with Crippen molar-refractivity contribution in [3.63, 3.8) is 0 Å². The molecule has 1 fully saturated rings. The third kappa shape index (κ3) is 6.10. The van der Waals surface area contributed by atoms with Crippen molar-refractivity contribution in [1.29, 1.82) is 0 Å². The van der Waals surface area contributed by atoms with Crippen molar-refractivity contribution >= 4 is 5.91 Å². The number of hydrogen-bond acceptors (Lipinski definition) is 3. The van der Waals surface area contributed by atoms with Gasteiger partial charge in [-0.3, -0.25) is 9.69 Å². The van der Waals surface area contributed by atoms with Crippen molar-refractivity contribution in [2.75, 3.05) is 26.7 Å². The number of piperidine rings is 1. The summed E-state index contributed by atoms with van der Waals surface area (Å²) in [7, 11) is 1.68. The van der Waals surface area contributed by atoms with Crippen LogP contribution < -0.4 is 10.1 Å². The molecule has 0 aliphatic carbocycles. The van der Waals surface area contributed by atoms with Crippen LogP contribution in [0.4, 0.5) is 0 Å². The summed E-state index contributed by atoms with van der Waals surface area (Å²) >= 11 is 0. The van der Waals surface area contributed by atoms with E-state index in [0.29, 0.717) is 0 Å². The van der Waals surface area contributed by atoms with Gasteiger partial charge in [0.15, 0.2) is 0 Å². The van der Waals surface area contributed by atoms with E-state index >= 15 is 0 Å². The minimum atomic E-state index is 0.162. The molecule has 150 valence electrons. The number of aryl methyl sites for hydroxylation is 2. The summed E-state index contributed by atoms with van der Waals surface area (Å²) < 4.78 is 5.18. The molecule has 0 saturated carbocycles. The largest absolute Gasteiger partial charge is 0.497 e. The summed E-state index contributed by atoms with van der Waals surface area (Å²) in [5.74, 6) is 1.27. The molecule has 2 aromatic rings. The molecule has 28 heavy (non-hydrogen) atoms. The van der Waals surface area contributed by atoms with Gasteiger partial charge in [-0.05, 0) is 69.0 Å². The molecule has 1 amide bonds. The Morgan fingerprint density at radius 1 is 1.04 bits per heavy atom. The van der Waals surface area contributed by atoms with Gasteiger partial charge in [-0.15, -0.1) is 0 Å². The second-order valence-corrected chi connectivity index (χ2v) is 7.78. The number of nitrogens with one attached hydrogen (secondary N) is 1. The number of nitrogens with zero attached hydrogens (tertiary/aromatic N) is 1. The first-order valence-corrected chi connectivity index (χ1v) is 10.3. The third-order valence-corrected chi connectivity index (χ3v) is 5.59. The quantitative estimate of drug-likeness (QED) is 0.705. The Bertz CT molecular complexity index is 732. The van der Waals surface area contributed by atoms with Gasteiger partial charge in [0.1, 0.15) is 5.75 Å². The summed E-state index contributed by atoms with van der Waals surface area (Å²) in [5.41, 5.74) is 3.93. The number of carbonyl (C=O) groups is 1. The smallest absolute Gasteiger partial charge is 0.223 e. The number of likely N-dealkylation sites (tertiary alicyclic amines) is 1. The standard InChI is InChI=1S/C24H32N2O2/c1-19-5-7-21(8-6-19)18-26-16-13-22(14-17-26)24(27)25-15-3-4-20-9-11-23(28-2)12-10-20/h5-12,22H,3-4,13-18H2,1-2H3,(H,25,27). The Balaban J connectivity index is 1.32. The Morgan fingerprint density at radius 2 is 1.68 bits per heavy atom. The number of hydrogen-bond donors (Lipinski definition) is 1. The first kappa shape index (κ1) is 20.4. The molecule has 0 atom stereocenters. The van der Waals surface area contributed by atoms with E-state index in [1.807, 2.05) is 12.1 Å². The van der Waals surface area contributed by atoms with Crippen LogP contribution in [-0.4, -0.2) is 37.6 Å². The predicted octanol–water partition coefficient (Wildman–Crippen LogP) is 3.96. The van der Waals surface area contributed by atoms with Crippen LogP contribution in [0.25, 0.3) is 0 Å². The van der Waals surface area contributed by atoms with Crippen molar-refractivity contribution in [3.8, 4) is 5.75 Å². The van der Waals surface area contributed by atoms with Gasteiger partial charge in [-0.2, -0.15) is 0 Å². The van der Waals surface area contributed by atoms with Crippen molar-refractivity contribution in [2.24, 2.45) is 5.92 Å². The number of rotatable bonds is 8. The molecule has 3 rings (SSSR count). The highest BCUT2D eigenvalue weighted by Crippen LogP contribution is 2.19. The van der Waals surface area contributed by atoms with Crippen LogP contribution in [0.2, 0.25) is 0 Å². The fourth-order valence-corrected chi connectivity index (χ4v) is 3.75. The average Bonchev–Trinajstić information content (AvgIpc) is 2.73. The predicted molar refractivity (Wildman–Crippen MR) is 114 cm³/mol. The zero-order valence-corrected chi connectivity index (χ0v) is 17.1. The Labute approximate surface area is 168 Å². The zero-order valence-electron chi connectivity index (χ0n) is 17.1. The van der Waals surface area contributed by atoms with Gasteiger partial charge in [0, 0.05) is 19.0 Å². The molecule has 1 heterocycles. The molecule has 0 bridgehead atoms. The monoisotopic (exact) mass is 380 g/mol.